The van der Waals surface area contributed by atoms with Crippen LogP contribution in [0.5, 0.6) is 0 Å². The highest BCUT2D eigenvalue weighted by atomic mass is 15.0. The molecule has 1 saturated carbocycles. The van der Waals surface area contributed by atoms with Crippen LogP contribution in [0, 0.1) is 5.92 Å². The summed E-state index contributed by atoms with van der Waals surface area (Å²) in [6.07, 6.45) is 5.21. The monoisotopic (exact) mass is 154 g/mol. The fourth-order valence-electron chi connectivity index (χ4n) is 2.21. The van der Waals surface area contributed by atoms with Gasteiger partial charge in [0.2, 0.25) is 0 Å². The standard InChI is InChI=1S/C9H18N2/c1-6-4-8(10)5-9(11-6)7-2-3-7/h6-9,11H,2-5,10H2,1H3/t6-,8+,9-/m0/s1. The molecule has 0 unspecified atom stereocenters. The van der Waals surface area contributed by atoms with Crippen LogP contribution in [0.4, 0.5) is 0 Å². The van der Waals surface area contributed by atoms with Crippen LogP contribution in [0.2, 0.25) is 0 Å². The molecule has 0 aromatic heterocycles. The smallest absolute Gasteiger partial charge is 0.0113 e. The lowest BCUT2D eigenvalue weighted by Crippen LogP contribution is -2.49. The fourth-order valence-corrected chi connectivity index (χ4v) is 2.21. The maximum absolute atomic E-state index is 5.94. The number of nitrogens with two attached hydrogens (primary N) is 1. The molecule has 1 aliphatic carbocycles. The Bertz CT molecular complexity index is 132. The van der Waals surface area contributed by atoms with Gasteiger partial charge in [0.1, 0.15) is 0 Å². The van der Waals surface area contributed by atoms with E-state index in [0.717, 1.165) is 18.4 Å². The highest BCUT2D eigenvalue weighted by molar-refractivity contribution is 4.94. The Kier molecular flexibility index (Phi) is 1.90. The van der Waals surface area contributed by atoms with Gasteiger partial charge in [-0.05, 0) is 38.5 Å². The Morgan fingerprint density at radius 2 is 2.00 bits per heavy atom. The van der Waals surface area contributed by atoms with Crippen molar-refractivity contribution in [2.45, 2.75) is 50.7 Å². The van der Waals surface area contributed by atoms with E-state index in [-0.39, 0.29) is 0 Å². The first-order valence-electron chi connectivity index (χ1n) is 4.77. The van der Waals surface area contributed by atoms with Crippen molar-refractivity contribution < 1.29 is 0 Å². The Morgan fingerprint density at radius 3 is 2.55 bits per heavy atom. The lowest BCUT2D eigenvalue weighted by Gasteiger charge is -2.33. The molecule has 11 heavy (non-hydrogen) atoms. The third-order valence-electron chi connectivity index (χ3n) is 2.90. The molecule has 2 heteroatoms. The van der Waals surface area contributed by atoms with Crippen molar-refractivity contribution in [3.8, 4) is 0 Å². The van der Waals surface area contributed by atoms with Gasteiger partial charge in [-0.3, -0.25) is 0 Å². The maximum Gasteiger partial charge on any atom is 0.0113 e. The highest BCUT2D eigenvalue weighted by Crippen LogP contribution is 2.36. The Labute approximate surface area is 68.5 Å². The molecule has 2 aliphatic rings. The first-order chi connectivity index (χ1) is 5.25. The third-order valence-corrected chi connectivity index (χ3v) is 2.90. The zero-order valence-corrected chi connectivity index (χ0v) is 7.22. The van der Waals surface area contributed by atoms with Crippen molar-refractivity contribution in [3.63, 3.8) is 0 Å². The second kappa shape index (κ2) is 2.76. The van der Waals surface area contributed by atoms with Crippen molar-refractivity contribution in [1.29, 1.82) is 0 Å². The second-order valence-electron chi connectivity index (χ2n) is 4.24. The van der Waals surface area contributed by atoms with Gasteiger partial charge in [0.25, 0.3) is 0 Å². The molecule has 64 valence electrons. The molecule has 0 aromatic rings. The first-order valence-corrected chi connectivity index (χ1v) is 4.77. The Morgan fingerprint density at radius 1 is 1.27 bits per heavy atom. The van der Waals surface area contributed by atoms with Crippen LogP contribution < -0.4 is 11.1 Å². The topological polar surface area (TPSA) is 38.0 Å². The molecule has 3 atom stereocenters. The van der Waals surface area contributed by atoms with Crippen molar-refractivity contribution in [1.82, 2.24) is 5.32 Å². The number of hydrogen-bond donors (Lipinski definition) is 2. The van der Waals surface area contributed by atoms with Gasteiger partial charge in [0, 0.05) is 18.1 Å². The summed E-state index contributed by atoms with van der Waals surface area (Å²) in [6, 6.07) is 1.84. The van der Waals surface area contributed by atoms with Gasteiger partial charge in [0.15, 0.2) is 0 Å². The zero-order chi connectivity index (χ0) is 7.84. The van der Waals surface area contributed by atoms with Crippen molar-refractivity contribution in [2.75, 3.05) is 0 Å². The van der Waals surface area contributed by atoms with Gasteiger partial charge in [-0.1, -0.05) is 0 Å². The maximum atomic E-state index is 5.94. The molecule has 1 aliphatic heterocycles. The van der Waals surface area contributed by atoms with E-state index in [1.807, 2.05) is 0 Å². The molecule has 0 amide bonds. The average Bonchev–Trinajstić information content (AvgIpc) is 2.64. The quantitative estimate of drug-likeness (QED) is 0.588. The molecular formula is C9H18N2. The van der Waals surface area contributed by atoms with Crippen LogP contribution in [-0.4, -0.2) is 18.1 Å². The Hall–Kier alpha value is -0.0800. The molecule has 3 N–H and O–H groups in total. The number of hydrogen-bond acceptors (Lipinski definition) is 2. The second-order valence-corrected chi connectivity index (χ2v) is 4.24. The number of nitrogens with one attached hydrogen (secondary N) is 1. The van der Waals surface area contributed by atoms with E-state index >= 15 is 0 Å². The summed E-state index contributed by atoms with van der Waals surface area (Å²) in [5.74, 6) is 0.962. The highest BCUT2D eigenvalue weighted by Gasteiger charge is 2.35. The molecule has 2 fully saturated rings. The van der Waals surface area contributed by atoms with Gasteiger partial charge in [-0.15, -0.1) is 0 Å². The van der Waals surface area contributed by atoms with E-state index in [0.29, 0.717) is 12.1 Å². The summed E-state index contributed by atoms with van der Waals surface area (Å²) in [5, 5.41) is 3.63. The summed E-state index contributed by atoms with van der Waals surface area (Å²) in [7, 11) is 0. The predicted molar refractivity (Wildman–Crippen MR) is 46.3 cm³/mol. The van der Waals surface area contributed by atoms with E-state index in [4.69, 9.17) is 5.73 Å². The van der Waals surface area contributed by atoms with Crippen molar-refractivity contribution in [3.05, 3.63) is 0 Å². The summed E-state index contributed by atoms with van der Waals surface area (Å²) in [5.41, 5.74) is 5.94. The molecule has 0 spiro atoms. The molecule has 0 aromatic carbocycles. The van der Waals surface area contributed by atoms with Crippen LogP contribution >= 0.6 is 0 Å². The van der Waals surface area contributed by atoms with Crippen LogP contribution in [0.25, 0.3) is 0 Å². The third kappa shape index (κ3) is 1.74. The molecular weight excluding hydrogens is 136 g/mol. The Balaban J connectivity index is 1.89. The fraction of sp³-hybridized carbons (Fsp3) is 1.00. The van der Waals surface area contributed by atoms with Crippen LogP contribution in [0.15, 0.2) is 0 Å². The van der Waals surface area contributed by atoms with E-state index < -0.39 is 0 Å². The lowest BCUT2D eigenvalue weighted by atomic mass is 9.93. The van der Waals surface area contributed by atoms with Gasteiger partial charge in [0.05, 0.1) is 0 Å². The van der Waals surface area contributed by atoms with Crippen molar-refractivity contribution in [2.24, 2.45) is 11.7 Å². The van der Waals surface area contributed by atoms with Crippen LogP contribution in [-0.2, 0) is 0 Å². The number of rotatable bonds is 1. The molecule has 2 nitrogen and oxygen atoms in total. The summed E-state index contributed by atoms with van der Waals surface area (Å²) < 4.78 is 0. The molecule has 0 bridgehead atoms. The van der Waals surface area contributed by atoms with Gasteiger partial charge in [-0.25, -0.2) is 0 Å². The van der Waals surface area contributed by atoms with E-state index in [1.54, 1.807) is 0 Å². The minimum atomic E-state index is 0.455. The molecule has 2 rings (SSSR count). The average molecular weight is 154 g/mol. The molecule has 0 radical (unpaired) electrons. The van der Waals surface area contributed by atoms with Gasteiger partial charge >= 0.3 is 0 Å². The van der Waals surface area contributed by atoms with Crippen LogP contribution in [0.3, 0.4) is 0 Å². The first kappa shape index (κ1) is 7.56. The largest absolute Gasteiger partial charge is 0.328 e. The molecule has 1 saturated heterocycles. The SMILES string of the molecule is C[C@H]1C[C@@H](N)C[C@@H](C2CC2)N1. The van der Waals surface area contributed by atoms with Crippen molar-refractivity contribution >= 4 is 0 Å². The van der Waals surface area contributed by atoms with E-state index in [9.17, 15) is 0 Å². The predicted octanol–water partition coefficient (Wildman–Crippen LogP) is 0.864. The van der Waals surface area contributed by atoms with Crippen LogP contribution in [0.1, 0.15) is 32.6 Å². The number of piperidine rings is 1. The van der Waals surface area contributed by atoms with E-state index in [1.165, 1.54) is 19.3 Å². The van der Waals surface area contributed by atoms with Gasteiger partial charge in [-0.2, -0.15) is 0 Å². The molecule has 1 heterocycles. The van der Waals surface area contributed by atoms with Gasteiger partial charge < -0.3 is 11.1 Å². The summed E-state index contributed by atoms with van der Waals surface area (Å²) in [6.45, 7) is 2.24. The minimum Gasteiger partial charge on any atom is -0.328 e. The summed E-state index contributed by atoms with van der Waals surface area (Å²) in [4.78, 5) is 0. The normalized spacial score (nSPS) is 45.8. The lowest BCUT2D eigenvalue weighted by molar-refractivity contribution is 0.281. The van der Waals surface area contributed by atoms with E-state index in [2.05, 4.69) is 12.2 Å². The zero-order valence-electron chi connectivity index (χ0n) is 7.22. The summed E-state index contributed by atoms with van der Waals surface area (Å²) >= 11 is 0. The minimum absolute atomic E-state index is 0.455.